The number of carbonyl (C=O) groups excluding carboxylic acids is 1. The minimum Gasteiger partial charge on any atom is -0.512 e. The van der Waals surface area contributed by atoms with Crippen LogP contribution in [0.4, 0.5) is 0 Å². The van der Waals surface area contributed by atoms with Crippen LogP contribution in [0.2, 0.25) is 0 Å². The molecule has 0 bridgehead atoms. The number of benzene rings is 8. The maximum atomic E-state index is 10.0. The second-order valence-corrected chi connectivity index (χ2v) is 21.6. The molecule has 12 heteroatoms. The summed E-state index contributed by atoms with van der Waals surface area (Å²) in [6.45, 7) is 2.85. The van der Waals surface area contributed by atoms with Gasteiger partial charge in [0.15, 0.2) is 17.3 Å². The summed E-state index contributed by atoms with van der Waals surface area (Å²) in [5.74, 6) is 2.98. The van der Waals surface area contributed by atoms with E-state index < -0.39 is 15.8 Å². The molecule has 0 amide bonds. The predicted molar refractivity (Wildman–Crippen MR) is 313 cm³/mol. The fraction of sp³-hybridized carbons (Fsp3) is 0.0308. The zero-order chi connectivity index (χ0) is 51.9. The van der Waals surface area contributed by atoms with E-state index in [0.29, 0.717) is 11.6 Å². The van der Waals surface area contributed by atoms with E-state index in [9.17, 15) is 4.79 Å². The Morgan fingerprint density at radius 3 is 1.30 bits per heavy atom. The van der Waals surface area contributed by atoms with Crippen molar-refractivity contribution >= 4 is 53.5 Å². The van der Waals surface area contributed by atoms with E-state index in [1.807, 2.05) is 91.0 Å². The second kappa shape index (κ2) is 31.4. The molecule has 77 heavy (non-hydrogen) atoms. The first kappa shape index (κ1) is 58.5. The molecule has 11 rings (SSSR count). The van der Waals surface area contributed by atoms with Gasteiger partial charge < -0.3 is 24.9 Å². The minimum atomic E-state index is -1.28. The van der Waals surface area contributed by atoms with Gasteiger partial charge in [-0.1, -0.05) is 146 Å². The molecule has 0 aliphatic carbocycles. The predicted octanol–water partition coefficient (Wildman–Crippen LogP) is 12.2. The topological polar surface area (TPSA) is 112 Å². The van der Waals surface area contributed by atoms with E-state index in [2.05, 4.69) is 201 Å². The van der Waals surface area contributed by atoms with Crippen LogP contribution in [-0.4, -0.2) is 30.9 Å². The number of aliphatic hydroxyl groups excluding tert-OH is 1. The molecule has 0 fully saturated rings. The minimum absolute atomic E-state index is 0. The van der Waals surface area contributed by atoms with Crippen LogP contribution in [0.5, 0.6) is 11.5 Å². The number of hydrogen-bond acceptors (Lipinski definition) is 7. The molecule has 3 aromatic heterocycles. The first-order valence-electron chi connectivity index (χ1n) is 24.3. The molecule has 0 saturated carbocycles. The Hall–Kier alpha value is -7.72. The van der Waals surface area contributed by atoms with Crippen LogP contribution in [0.15, 0.2) is 285 Å². The number of pyridine rings is 2. The van der Waals surface area contributed by atoms with Crippen molar-refractivity contribution in [3.63, 3.8) is 0 Å². The van der Waals surface area contributed by atoms with Crippen molar-refractivity contribution in [2.24, 2.45) is 0 Å². The number of ether oxygens (including phenoxy) is 1. The van der Waals surface area contributed by atoms with Gasteiger partial charge in [-0.25, -0.2) is 0 Å². The standard InChI is InChI=1S/C36H28OP2.C13H9N4.C11H8N.C5H8O2.Cu.Pt/c1-5-17-29(18-6-1)38(30-19-7-2-8-20-30)35-27-15-13-25-33(35)37-34-26-14-16-28-36(34)39(31-21-9-3-10-22-31)32-23-11-4-12-24-32;1-2-6-10(7-3-1)12-15-13(17-16-12)11-8-4-5-9-14-11;1-2-6-10(7-3-1)11-8-4-5-9-12-11;1-4(6)3-5(2)7;;/h1-28H;1-9H;1-6,8-9H;3,6H,1-2H3;;/q;2*-1;;+1;/p+2/b;;;4-3-;;. The van der Waals surface area contributed by atoms with Gasteiger partial charge >= 0.3 is 17.1 Å². The number of rotatable bonds is 12. The van der Waals surface area contributed by atoms with Crippen LogP contribution in [0.3, 0.4) is 0 Å². The molecule has 3 heterocycles. The molecule has 0 aliphatic heterocycles. The number of allylic oxidation sites excluding steroid dienone is 2. The third kappa shape index (κ3) is 17.4. The zero-order valence-corrected chi connectivity index (χ0v) is 47.4. The van der Waals surface area contributed by atoms with Crippen molar-refractivity contribution in [2.45, 2.75) is 13.8 Å². The fourth-order valence-electron chi connectivity index (χ4n) is 7.94. The van der Waals surface area contributed by atoms with Crippen molar-refractivity contribution < 1.29 is 52.8 Å². The molecule has 1 N–H and O–H groups in total. The van der Waals surface area contributed by atoms with Gasteiger partial charge in [0, 0.05) is 39.5 Å². The van der Waals surface area contributed by atoms with Crippen LogP contribution in [0.25, 0.3) is 34.2 Å². The molecule has 0 radical (unpaired) electrons. The first-order chi connectivity index (χ1) is 36.9. The van der Waals surface area contributed by atoms with E-state index in [4.69, 9.17) is 9.84 Å². The summed E-state index contributed by atoms with van der Waals surface area (Å²) in [5.41, 5.74) is 3.71. The van der Waals surface area contributed by atoms with E-state index in [0.717, 1.165) is 34.0 Å². The smallest absolute Gasteiger partial charge is 0.512 e. The van der Waals surface area contributed by atoms with E-state index in [1.165, 1.54) is 51.8 Å². The summed E-state index contributed by atoms with van der Waals surface area (Å²) < 4.78 is 6.94. The van der Waals surface area contributed by atoms with Gasteiger partial charge in [-0.15, -0.1) is 35.9 Å². The van der Waals surface area contributed by atoms with E-state index >= 15 is 0 Å². The summed E-state index contributed by atoms with van der Waals surface area (Å²) in [6, 6.07) is 92.8. The van der Waals surface area contributed by atoms with Crippen molar-refractivity contribution in [1.29, 1.82) is 0 Å². The molecule has 8 nitrogen and oxygen atoms in total. The average molecular weight is 1270 g/mol. The summed E-state index contributed by atoms with van der Waals surface area (Å²) >= 11 is 0. The Morgan fingerprint density at radius 2 is 0.909 bits per heavy atom. The van der Waals surface area contributed by atoms with Crippen LogP contribution in [-0.2, 0) is 42.9 Å². The number of para-hydroxylation sites is 2. The Morgan fingerprint density at radius 1 is 0.506 bits per heavy atom. The molecule has 0 atom stereocenters. The van der Waals surface area contributed by atoms with E-state index in [1.54, 1.807) is 12.4 Å². The summed E-state index contributed by atoms with van der Waals surface area (Å²) in [7, 11) is -2.56. The summed E-state index contributed by atoms with van der Waals surface area (Å²) in [4.78, 5) is 22.8. The van der Waals surface area contributed by atoms with Gasteiger partial charge in [-0.2, -0.15) is 0 Å². The van der Waals surface area contributed by atoms with Crippen LogP contribution in [0.1, 0.15) is 13.8 Å². The zero-order valence-electron chi connectivity index (χ0n) is 42.2. The Labute approximate surface area is 478 Å². The van der Waals surface area contributed by atoms with Crippen LogP contribution >= 0.6 is 15.8 Å². The normalized spacial score (nSPS) is 10.4. The third-order valence-electron chi connectivity index (χ3n) is 11.2. The number of carbonyl (C=O) groups is 1. The molecular weight excluding hydrogens is 1220 g/mol. The number of nitrogens with zero attached hydrogens (tertiary/aromatic N) is 5. The molecule has 11 aromatic rings. The van der Waals surface area contributed by atoms with Gasteiger partial charge in [0.25, 0.3) is 0 Å². The molecular formula is C65H55CuN5O3P2Pt+. The van der Waals surface area contributed by atoms with Crippen LogP contribution in [0, 0.1) is 6.07 Å². The van der Waals surface area contributed by atoms with E-state index in [-0.39, 0.29) is 49.7 Å². The van der Waals surface area contributed by atoms with Gasteiger partial charge in [-0.05, 0) is 122 Å². The first-order valence-corrected chi connectivity index (χ1v) is 27.3. The molecule has 0 aliphatic rings. The van der Waals surface area contributed by atoms with Gasteiger partial charge in [-0.3, -0.25) is 14.9 Å². The second-order valence-electron chi connectivity index (χ2n) is 16.7. The maximum absolute atomic E-state index is 10.0. The number of aliphatic hydroxyl groups is 1. The quantitative estimate of drug-likeness (QED) is 0.0423. The number of ketones is 1. The molecule has 8 aromatic carbocycles. The number of hydrogen-bond donors (Lipinski definition) is 1. The fourth-order valence-corrected chi connectivity index (χ4v) is 13.2. The van der Waals surface area contributed by atoms with Gasteiger partial charge in [0.1, 0.15) is 47.7 Å². The largest absolute Gasteiger partial charge is 1.00 e. The Balaban J connectivity index is 0.000000206. The van der Waals surface area contributed by atoms with Crippen LogP contribution < -0.4 is 41.7 Å². The summed E-state index contributed by atoms with van der Waals surface area (Å²) in [6.07, 6.45) is 4.67. The molecule has 388 valence electrons. The van der Waals surface area contributed by atoms with Gasteiger partial charge in [0.2, 0.25) is 0 Å². The average Bonchev–Trinajstić information content (AvgIpc) is 3.98. The molecule has 0 unspecified atom stereocenters. The maximum Gasteiger partial charge on any atom is 1.00 e. The van der Waals surface area contributed by atoms with Crippen molar-refractivity contribution in [3.8, 4) is 45.7 Å². The SMILES string of the molecule is CC(=O)/C=C(/C)O.[Cu+].[Pt].[c-]1ccccc1-c1ccccn1.c1ccc(-c2n[n-]c(-c3ccccn3)n2)cc1.c1ccc([PH+](c2ccccc2)c2ccccc2Oc2ccccc2[PH+](c2ccccc2)c2ccccc2)cc1. The Bertz CT molecular complexity index is 3160. The third-order valence-corrected chi connectivity index (χ3v) is 16.8. The molecule has 0 spiro atoms. The number of aromatic nitrogens is 5. The van der Waals surface area contributed by atoms with Gasteiger partial charge in [0.05, 0.1) is 17.3 Å². The van der Waals surface area contributed by atoms with Crippen molar-refractivity contribution in [2.75, 3.05) is 0 Å². The monoisotopic (exact) mass is 1270 g/mol. The Kier molecular flexibility index (Phi) is 23.8. The molecule has 0 saturated heterocycles. The van der Waals surface area contributed by atoms with Crippen molar-refractivity contribution in [3.05, 3.63) is 291 Å². The summed E-state index contributed by atoms with van der Waals surface area (Å²) in [5, 5.41) is 24.3. The van der Waals surface area contributed by atoms with Crippen molar-refractivity contribution in [1.82, 2.24) is 25.1 Å².